The van der Waals surface area contributed by atoms with Gasteiger partial charge in [0.25, 0.3) is 0 Å². The highest BCUT2D eigenvalue weighted by molar-refractivity contribution is 8.07. The number of allylic oxidation sites excluding steroid dienone is 2. The number of fused-ring (bicyclic) bond motifs is 2. The maximum absolute atomic E-state index is 11.9. The van der Waals surface area contributed by atoms with Crippen LogP contribution in [0, 0.1) is 0 Å². The van der Waals surface area contributed by atoms with E-state index in [1.54, 1.807) is 0 Å². The van der Waals surface area contributed by atoms with E-state index in [0.717, 1.165) is 47.6 Å². The van der Waals surface area contributed by atoms with E-state index >= 15 is 0 Å². The molecule has 0 N–H and O–H groups in total. The van der Waals surface area contributed by atoms with Crippen LogP contribution in [0.15, 0.2) is 58.6 Å². The molecule has 3 rings (SSSR count). The molecule has 25 heavy (non-hydrogen) atoms. The van der Waals surface area contributed by atoms with Crippen LogP contribution in [0.3, 0.4) is 0 Å². The lowest BCUT2D eigenvalue weighted by atomic mass is 9.85. The third-order valence-corrected chi connectivity index (χ3v) is 5.96. The van der Waals surface area contributed by atoms with E-state index in [1.165, 1.54) is 33.7 Å². The molecule has 128 valence electrons. The zero-order valence-electron chi connectivity index (χ0n) is 14.8. The second kappa shape index (κ2) is 7.77. The predicted molar refractivity (Wildman–Crippen MR) is 108 cm³/mol. The monoisotopic (exact) mass is 349 g/mol. The van der Waals surface area contributed by atoms with E-state index in [-0.39, 0.29) is 0 Å². The number of hydrogen-bond acceptors (Lipinski definition) is 3. The number of carbonyl (C=O) groups is 1. The first-order chi connectivity index (χ1) is 12.2. The minimum atomic E-state index is 0.780. The van der Waals surface area contributed by atoms with E-state index in [2.05, 4.69) is 60.5 Å². The summed E-state index contributed by atoms with van der Waals surface area (Å²) in [7, 11) is 2.00. The molecule has 0 unspecified atom stereocenters. The molecule has 0 fully saturated rings. The summed E-state index contributed by atoms with van der Waals surface area (Å²) in [5.41, 5.74) is 6.69. The standard InChI is InChI=1S/C22H23NOS/c1-4-22(23(3)5-2)25-21(15-24)19-12-8-11-18-13-16-9-6-7-10-17(16)14-20(18)19/h6-7,9-10,13-15H,1,5,8,11-12H2,2-3H3/b21-19+. The fraction of sp³-hybridized carbons (Fsp3) is 0.273. The lowest BCUT2D eigenvalue weighted by Gasteiger charge is -2.23. The predicted octanol–water partition coefficient (Wildman–Crippen LogP) is 5.40. The largest absolute Gasteiger partial charge is 0.363 e. The van der Waals surface area contributed by atoms with Gasteiger partial charge in [0.15, 0.2) is 6.29 Å². The molecule has 0 radical (unpaired) electrons. The van der Waals surface area contributed by atoms with Crippen LogP contribution in [0.5, 0.6) is 0 Å². The molecule has 0 atom stereocenters. The van der Waals surface area contributed by atoms with Crippen LogP contribution in [-0.2, 0) is 11.2 Å². The van der Waals surface area contributed by atoms with E-state index in [4.69, 9.17) is 0 Å². The fourth-order valence-corrected chi connectivity index (χ4v) is 4.22. The first-order valence-corrected chi connectivity index (χ1v) is 9.49. The molecule has 0 saturated carbocycles. The van der Waals surface area contributed by atoms with Crippen molar-refractivity contribution in [2.24, 2.45) is 0 Å². The molecule has 2 aromatic rings. The highest BCUT2D eigenvalue weighted by Crippen LogP contribution is 2.40. The summed E-state index contributed by atoms with van der Waals surface area (Å²) in [6.07, 6.45) is 4.08. The maximum atomic E-state index is 11.9. The number of rotatable bonds is 5. The van der Waals surface area contributed by atoms with Crippen molar-refractivity contribution in [1.82, 2.24) is 4.90 Å². The normalized spacial score (nSPS) is 15.3. The summed E-state index contributed by atoms with van der Waals surface area (Å²) in [6.45, 7) is 6.72. The highest BCUT2D eigenvalue weighted by Gasteiger charge is 2.20. The van der Waals surface area contributed by atoms with E-state index in [9.17, 15) is 4.79 Å². The average molecular weight is 349 g/mol. The van der Waals surface area contributed by atoms with Gasteiger partial charge in [-0.15, -0.1) is 0 Å². The Kier molecular flexibility index (Phi) is 5.47. The first-order valence-electron chi connectivity index (χ1n) is 8.67. The van der Waals surface area contributed by atoms with Crippen LogP contribution >= 0.6 is 11.8 Å². The zero-order chi connectivity index (χ0) is 17.8. The van der Waals surface area contributed by atoms with Crippen molar-refractivity contribution in [3.05, 3.63) is 69.8 Å². The van der Waals surface area contributed by atoms with Gasteiger partial charge in [0, 0.05) is 13.6 Å². The number of nitrogens with zero attached hydrogens (tertiary/aromatic N) is 1. The topological polar surface area (TPSA) is 20.3 Å². The summed E-state index contributed by atoms with van der Waals surface area (Å²) >= 11 is 1.48. The fourth-order valence-electron chi connectivity index (χ4n) is 3.27. The first kappa shape index (κ1) is 17.6. The Morgan fingerprint density at radius 2 is 2.00 bits per heavy atom. The van der Waals surface area contributed by atoms with Gasteiger partial charge in [-0.3, -0.25) is 4.79 Å². The summed E-state index contributed by atoms with van der Waals surface area (Å²) in [6, 6.07) is 12.9. The number of aryl methyl sites for hydroxylation is 1. The van der Waals surface area contributed by atoms with Crippen LogP contribution in [0.2, 0.25) is 0 Å². The smallest absolute Gasteiger partial charge is 0.157 e. The van der Waals surface area contributed by atoms with Gasteiger partial charge in [0.05, 0.1) is 4.91 Å². The Labute approximate surface area is 153 Å². The van der Waals surface area contributed by atoms with Gasteiger partial charge in [-0.1, -0.05) is 54.4 Å². The second-order valence-electron chi connectivity index (χ2n) is 6.27. The van der Waals surface area contributed by atoms with Crippen molar-refractivity contribution >= 4 is 34.4 Å². The van der Waals surface area contributed by atoms with Crippen molar-refractivity contribution in [1.29, 1.82) is 0 Å². The van der Waals surface area contributed by atoms with Crippen molar-refractivity contribution < 1.29 is 4.79 Å². The van der Waals surface area contributed by atoms with Crippen LogP contribution in [0.4, 0.5) is 0 Å². The molecular weight excluding hydrogens is 326 g/mol. The summed E-state index contributed by atoms with van der Waals surface area (Å²) < 4.78 is 0. The molecule has 2 nitrogen and oxygen atoms in total. The molecule has 3 heteroatoms. The van der Waals surface area contributed by atoms with Gasteiger partial charge in [0.1, 0.15) is 5.03 Å². The van der Waals surface area contributed by atoms with Gasteiger partial charge in [-0.05, 0) is 59.7 Å². The Hall–Kier alpha value is -2.22. The minimum Gasteiger partial charge on any atom is -0.363 e. The Morgan fingerprint density at radius 3 is 2.64 bits per heavy atom. The van der Waals surface area contributed by atoms with Crippen molar-refractivity contribution in [3.63, 3.8) is 0 Å². The molecule has 0 aromatic heterocycles. The SMILES string of the molecule is C=C=C(S/C(C=O)=C1\CCCc2cc3ccccc3cc21)N(C)CC. The van der Waals surface area contributed by atoms with E-state index in [1.807, 2.05) is 7.05 Å². The van der Waals surface area contributed by atoms with Gasteiger partial charge in [-0.25, -0.2) is 0 Å². The molecule has 0 heterocycles. The quantitative estimate of drug-likeness (QED) is 0.410. The average Bonchev–Trinajstić information content (AvgIpc) is 2.66. The van der Waals surface area contributed by atoms with Gasteiger partial charge in [0.2, 0.25) is 0 Å². The summed E-state index contributed by atoms with van der Waals surface area (Å²) in [4.78, 5) is 14.7. The third kappa shape index (κ3) is 3.58. The number of hydrogen-bond donors (Lipinski definition) is 0. The maximum Gasteiger partial charge on any atom is 0.157 e. The molecule has 0 bridgehead atoms. The second-order valence-corrected chi connectivity index (χ2v) is 7.30. The van der Waals surface area contributed by atoms with Gasteiger partial charge >= 0.3 is 0 Å². The molecule has 0 amide bonds. The highest BCUT2D eigenvalue weighted by atomic mass is 32.2. The van der Waals surface area contributed by atoms with Crippen LogP contribution in [0.25, 0.3) is 16.3 Å². The third-order valence-electron chi connectivity index (χ3n) is 4.75. The molecule has 0 aliphatic heterocycles. The molecule has 1 aliphatic carbocycles. The molecule has 2 aromatic carbocycles. The van der Waals surface area contributed by atoms with Crippen molar-refractivity contribution in [2.45, 2.75) is 26.2 Å². The van der Waals surface area contributed by atoms with Gasteiger partial charge < -0.3 is 4.90 Å². The summed E-state index contributed by atoms with van der Waals surface area (Å²) in [5, 5.41) is 3.38. The Bertz CT molecular complexity index is 890. The van der Waals surface area contributed by atoms with Crippen LogP contribution in [0.1, 0.15) is 30.9 Å². The number of benzene rings is 2. The Balaban J connectivity index is 2.10. The molecule has 0 saturated heterocycles. The summed E-state index contributed by atoms with van der Waals surface area (Å²) in [5.74, 6) is 0. The number of carbonyl (C=O) groups excluding carboxylic acids is 1. The van der Waals surface area contributed by atoms with E-state index in [0.29, 0.717) is 0 Å². The molecule has 1 aliphatic rings. The minimum absolute atomic E-state index is 0.780. The lowest BCUT2D eigenvalue weighted by molar-refractivity contribution is -0.104. The Morgan fingerprint density at radius 1 is 1.28 bits per heavy atom. The van der Waals surface area contributed by atoms with Crippen LogP contribution < -0.4 is 0 Å². The van der Waals surface area contributed by atoms with Crippen molar-refractivity contribution in [3.8, 4) is 0 Å². The van der Waals surface area contributed by atoms with Crippen LogP contribution in [-0.4, -0.2) is 24.8 Å². The van der Waals surface area contributed by atoms with Crippen molar-refractivity contribution in [2.75, 3.05) is 13.6 Å². The van der Waals surface area contributed by atoms with Gasteiger partial charge in [-0.2, -0.15) is 0 Å². The molecular formula is C22H23NOS. The number of thioether (sulfide) groups is 1. The molecule has 0 spiro atoms. The van der Waals surface area contributed by atoms with E-state index < -0.39 is 0 Å². The number of aldehydes is 1. The lowest BCUT2D eigenvalue weighted by Crippen LogP contribution is -2.14. The zero-order valence-corrected chi connectivity index (χ0v) is 15.7.